The molecule has 1 rings (SSSR count). The van der Waals surface area contributed by atoms with Gasteiger partial charge in [0.2, 0.25) is 0 Å². The zero-order valence-corrected chi connectivity index (χ0v) is 9.35. The van der Waals surface area contributed by atoms with Gasteiger partial charge < -0.3 is 14.7 Å². The summed E-state index contributed by atoms with van der Waals surface area (Å²) >= 11 is 0. The minimum Gasteiger partial charge on any atom is -0.411 e. The maximum absolute atomic E-state index is 8.41. The number of ether oxygens (including phenoxy) is 2. The summed E-state index contributed by atoms with van der Waals surface area (Å²) in [7, 11) is 3.41. The molecule has 0 aromatic rings. The van der Waals surface area contributed by atoms with E-state index < -0.39 is 0 Å². The second-order valence-corrected chi connectivity index (χ2v) is 3.79. The Morgan fingerprint density at radius 2 is 2.47 bits per heavy atom. The van der Waals surface area contributed by atoms with E-state index in [9.17, 15) is 0 Å². The van der Waals surface area contributed by atoms with Gasteiger partial charge in [-0.25, -0.2) is 0 Å². The third kappa shape index (κ3) is 3.64. The van der Waals surface area contributed by atoms with E-state index in [4.69, 9.17) is 14.7 Å². The second-order valence-electron chi connectivity index (χ2n) is 3.79. The Hall–Kier alpha value is -0.870. The van der Waals surface area contributed by atoms with Crippen LogP contribution in [0.5, 0.6) is 0 Å². The first kappa shape index (κ1) is 12.2. The molecule has 1 aliphatic rings. The zero-order valence-electron chi connectivity index (χ0n) is 9.35. The van der Waals surface area contributed by atoms with Crippen molar-refractivity contribution in [3.8, 4) is 0 Å². The smallest absolute Gasteiger partial charge is 0.0835 e. The third-order valence-corrected chi connectivity index (χ3v) is 2.87. The first-order valence-electron chi connectivity index (χ1n) is 5.20. The molecule has 4 heteroatoms. The molecule has 0 heterocycles. The van der Waals surface area contributed by atoms with Crippen LogP contribution in [-0.2, 0) is 9.47 Å². The van der Waals surface area contributed by atoms with Crippen molar-refractivity contribution in [2.24, 2.45) is 11.1 Å². The van der Waals surface area contributed by atoms with Crippen molar-refractivity contribution in [2.45, 2.75) is 25.4 Å². The third-order valence-electron chi connectivity index (χ3n) is 2.87. The van der Waals surface area contributed by atoms with Crippen LogP contribution in [0, 0.1) is 5.92 Å². The monoisotopic (exact) mass is 213 g/mol. The predicted octanol–water partition coefficient (Wildman–Crippen LogP) is 1.83. The molecule has 2 atom stereocenters. The highest BCUT2D eigenvalue weighted by molar-refractivity contribution is 5.78. The fraction of sp³-hybridized carbons (Fsp3) is 0.727. The van der Waals surface area contributed by atoms with E-state index in [1.807, 2.05) is 0 Å². The standard InChI is InChI=1S/C11H19NO3/c1-14-8-11(15-2)10-5-3-9(4-6-10)7-12-13/h3,7,10-11,13H,4-6,8H2,1-2H3/b12-7+. The summed E-state index contributed by atoms with van der Waals surface area (Å²) < 4.78 is 10.5. The molecule has 0 spiro atoms. The Bertz CT molecular complexity index is 238. The lowest BCUT2D eigenvalue weighted by Crippen LogP contribution is -2.28. The molecule has 0 saturated carbocycles. The molecule has 0 bridgehead atoms. The van der Waals surface area contributed by atoms with Crippen LogP contribution >= 0.6 is 0 Å². The minimum absolute atomic E-state index is 0.166. The molecule has 86 valence electrons. The van der Waals surface area contributed by atoms with Crippen molar-refractivity contribution in [1.29, 1.82) is 0 Å². The molecule has 0 fully saturated rings. The molecule has 0 amide bonds. The van der Waals surface area contributed by atoms with E-state index in [0.29, 0.717) is 12.5 Å². The van der Waals surface area contributed by atoms with Crippen LogP contribution in [0.25, 0.3) is 0 Å². The molecular weight excluding hydrogens is 194 g/mol. The highest BCUT2D eigenvalue weighted by Gasteiger charge is 2.23. The summed E-state index contributed by atoms with van der Waals surface area (Å²) in [5, 5.41) is 11.4. The quantitative estimate of drug-likeness (QED) is 0.430. The molecule has 1 N–H and O–H groups in total. The van der Waals surface area contributed by atoms with E-state index in [2.05, 4.69) is 11.2 Å². The van der Waals surface area contributed by atoms with E-state index in [0.717, 1.165) is 24.8 Å². The first-order valence-corrected chi connectivity index (χ1v) is 5.20. The summed E-state index contributed by atoms with van der Waals surface area (Å²) in [6.45, 7) is 0.637. The van der Waals surface area contributed by atoms with Crippen molar-refractivity contribution in [3.05, 3.63) is 11.6 Å². The second kappa shape index (κ2) is 6.58. The zero-order chi connectivity index (χ0) is 11.1. The van der Waals surface area contributed by atoms with Gasteiger partial charge in [-0.2, -0.15) is 0 Å². The van der Waals surface area contributed by atoms with Gasteiger partial charge in [0, 0.05) is 14.2 Å². The summed E-state index contributed by atoms with van der Waals surface area (Å²) in [6.07, 6.45) is 6.74. The molecule has 4 nitrogen and oxygen atoms in total. The lowest BCUT2D eigenvalue weighted by atomic mass is 9.86. The number of hydrogen-bond acceptors (Lipinski definition) is 4. The van der Waals surface area contributed by atoms with Crippen LogP contribution < -0.4 is 0 Å². The number of rotatable bonds is 5. The lowest BCUT2D eigenvalue weighted by Gasteiger charge is -2.27. The van der Waals surface area contributed by atoms with Crippen molar-refractivity contribution < 1.29 is 14.7 Å². The van der Waals surface area contributed by atoms with Crippen LogP contribution in [0.2, 0.25) is 0 Å². The van der Waals surface area contributed by atoms with Crippen LogP contribution in [0.15, 0.2) is 16.8 Å². The molecule has 0 aromatic carbocycles. The molecule has 0 aromatic heterocycles. The Balaban J connectivity index is 2.47. The van der Waals surface area contributed by atoms with Gasteiger partial charge in [0.25, 0.3) is 0 Å². The molecule has 1 aliphatic carbocycles. The van der Waals surface area contributed by atoms with Gasteiger partial charge in [0.05, 0.1) is 18.9 Å². The number of hydrogen-bond donors (Lipinski definition) is 1. The lowest BCUT2D eigenvalue weighted by molar-refractivity contribution is -0.0106. The van der Waals surface area contributed by atoms with E-state index >= 15 is 0 Å². The molecule has 0 radical (unpaired) electrons. The summed E-state index contributed by atoms with van der Waals surface area (Å²) in [6, 6.07) is 0. The number of allylic oxidation sites excluding steroid dienone is 2. The number of oxime groups is 1. The van der Waals surface area contributed by atoms with Crippen LogP contribution in [0.3, 0.4) is 0 Å². The van der Waals surface area contributed by atoms with Gasteiger partial charge in [0.15, 0.2) is 0 Å². The van der Waals surface area contributed by atoms with E-state index in [1.165, 1.54) is 6.21 Å². The normalized spacial score (nSPS) is 24.1. The summed E-state index contributed by atoms with van der Waals surface area (Å²) in [4.78, 5) is 0. The number of nitrogens with zero attached hydrogens (tertiary/aromatic N) is 1. The molecule has 15 heavy (non-hydrogen) atoms. The molecule has 0 aliphatic heterocycles. The Morgan fingerprint density at radius 1 is 1.67 bits per heavy atom. The fourth-order valence-electron chi connectivity index (χ4n) is 1.96. The Labute approximate surface area is 90.6 Å². The van der Waals surface area contributed by atoms with E-state index in [-0.39, 0.29) is 6.10 Å². The van der Waals surface area contributed by atoms with Crippen molar-refractivity contribution in [2.75, 3.05) is 20.8 Å². The van der Waals surface area contributed by atoms with Crippen molar-refractivity contribution in [1.82, 2.24) is 0 Å². The highest BCUT2D eigenvalue weighted by Crippen LogP contribution is 2.26. The maximum Gasteiger partial charge on any atom is 0.0835 e. The predicted molar refractivity (Wildman–Crippen MR) is 58.4 cm³/mol. The van der Waals surface area contributed by atoms with Gasteiger partial charge >= 0.3 is 0 Å². The largest absolute Gasteiger partial charge is 0.411 e. The average Bonchev–Trinajstić information content (AvgIpc) is 2.28. The number of methoxy groups -OCH3 is 2. The highest BCUT2D eigenvalue weighted by atomic mass is 16.5. The van der Waals surface area contributed by atoms with Gasteiger partial charge in [-0.3, -0.25) is 0 Å². The van der Waals surface area contributed by atoms with Gasteiger partial charge in [-0.15, -0.1) is 0 Å². The topological polar surface area (TPSA) is 51.0 Å². The average molecular weight is 213 g/mol. The molecular formula is C11H19NO3. The Kier molecular flexibility index (Phi) is 5.36. The van der Waals surface area contributed by atoms with Crippen LogP contribution in [-0.4, -0.2) is 38.4 Å². The molecule has 0 saturated heterocycles. The Morgan fingerprint density at radius 3 is 2.93 bits per heavy atom. The van der Waals surface area contributed by atoms with Crippen molar-refractivity contribution in [3.63, 3.8) is 0 Å². The first-order chi connectivity index (χ1) is 7.31. The minimum atomic E-state index is 0.166. The van der Waals surface area contributed by atoms with Gasteiger partial charge in [-0.1, -0.05) is 11.2 Å². The summed E-state index contributed by atoms with van der Waals surface area (Å²) in [5.41, 5.74) is 1.10. The maximum atomic E-state index is 8.41. The fourth-order valence-corrected chi connectivity index (χ4v) is 1.96. The van der Waals surface area contributed by atoms with E-state index in [1.54, 1.807) is 14.2 Å². The molecule has 2 unspecified atom stereocenters. The van der Waals surface area contributed by atoms with Gasteiger partial charge in [-0.05, 0) is 30.8 Å². The van der Waals surface area contributed by atoms with Gasteiger partial charge in [0.1, 0.15) is 0 Å². The summed E-state index contributed by atoms with van der Waals surface area (Å²) in [5.74, 6) is 0.505. The van der Waals surface area contributed by atoms with Crippen molar-refractivity contribution >= 4 is 6.21 Å². The van der Waals surface area contributed by atoms with Crippen LogP contribution in [0.4, 0.5) is 0 Å². The van der Waals surface area contributed by atoms with Crippen LogP contribution in [0.1, 0.15) is 19.3 Å². The SMILES string of the molecule is COCC(OC)C1CC=C(/C=N/O)CC1.